The van der Waals surface area contributed by atoms with Crippen molar-refractivity contribution in [2.45, 2.75) is 30.8 Å². The van der Waals surface area contributed by atoms with E-state index in [0.717, 1.165) is 10.0 Å². The molecule has 1 heterocycles. The maximum absolute atomic E-state index is 12.4. The van der Waals surface area contributed by atoms with E-state index in [1.807, 2.05) is 31.2 Å². The van der Waals surface area contributed by atoms with Crippen LogP contribution >= 0.6 is 15.9 Å². The van der Waals surface area contributed by atoms with Gasteiger partial charge >= 0.3 is 0 Å². The zero-order valence-corrected chi connectivity index (χ0v) is 18.2. The van der Waals surface area contributed by atoms with Gasteiger partial charge in [-0.15, -0.1) is 0 Å². The van der Waals surface area contributed by atoms with Crippen LogP contribution in [0.3, 0.4) is 0 Å². The van der Waals surface area contributed by atoms with Gasteiger partial charge in [-0.1, -0.05) is 28.1 Å². The molecule has 0 bridgehead atoms. The Labute approximate surface area is 178 Å². The van der Waals surface area contributed by atoms with Crippen molar-refractivity contribution in [1.29, 1.82) is 0 Å². The van der Waals surface area contributed by atoms with Crippen molar-refractivity contribution >= 4 is 31.9 Å². The number of carbonyl (C=O) groups is 1. The van der Waals surface area contributed by atoms with E-state index in [4.69, 9.17) is 4.42 Å². The SMILES string of the molecule is CC(Cc1ccc(Br)cc1)NC(=O)c1ccc(S(=O)(=O)NCc2ccco2)cc1. The van der Waals surface area contributed by atoms with Gasteiger partial charge in [-0.05, 0) is 67.4 Å². The summed E-state index contributed by atoms with van der Waals surface area (Å²) in [5.41, 5.74) is 1.52. The molecular weight excluding hydrogens is 456 g/mol. The molecule has 1 aromatic heterocycles. The third kappa shape index (κ3) is 6.03. The molecule has 2 aromatic carbocycles. The Balaban J connectivity index is 1.58. The topological polar surface area (TPSA) is 88.4 Å². The minimum atomic E-state index is -3.69. The van der Waals surface area contributed by atoms with Gasteiger partial charge in [0.1, 0.15) is 5.76 Å². The summed E-state index contributed by atoms with van der Waals surface area (Å²) < 4.78 is 33.3. The minimum absolute atomic E-state index is 0.0607. The van der Waals surface area contributed by atoms with Crippen LogP contribution in [0.15, 0.2) is 80.7 Å². The highest BCUT2D eigenvalue weighted by Gasteiger charge is 2.16. The van der Waals surface area contributed by atoms with Crippen LogP contribution in [-0.4, -0.2) is 20.4 Å². The molecule has 0 radical (unpaired) electrons. The smallest absolute Gasteiger partial charge is 0.251 e. The monoisotopic (exact) mass is 476 g/mol. The maximum atomic E-state index is 12.4. The summed E-state index contributed by atoms with van der Waals surface area (Å²) in [6.07, 6.45) is 2.18. The van der Waals surface area contributed by atoms with Gasteiger partial charge in [0.15, 0.2) is 0 Å². The highest BCUT2D eigenvalue weighted by molar-refractivity contribution is 9.10. The van der Waals surface area contributed by atoms with Gasteiger partial charge in [0.05, 0.1) is 17.7 Å². The van der Waals surface area contributed by atoms with Crippen molar-refractivity contribution in [2.24, 2.45) is 0 Å². The summed E-state index contributed by atoms with van der Waals surface area (Å²) >= 11 is 3.40. The summed E-state index contributed by atoms with van der Waals surface area (Å²) in [4.78, 5) is 12.5. The van der Waals surface area contributed by atoms with Crippen LogP contribution in [-0.2, 0) is 23.0 Å². The van der Waals surface area contributed by atoms with Crippen molar-refractivity contribution in [3.05, 3.63) is 88.3 Å². The second kappa shape index (κ2) is 9.39. The summed E-state index contributed by atoms with van der Waals surface area (Å²) in [6, 6.07) is 17.1. The average molecular weight is 477 g/mol. The lowest BCUT2D eigenvalue weighted by Crippen LogP contribution is -2.34. The van der Waals surface area contributed by atoms with Gasteiger partial charge in [0.25, 0.3) is 5.91 Å². The van der Waals surface area contributed by atoms with E-state index in [0.29, 0.717) is 17.7 Å². The fraction of sp³-hybridized carbons (Fsp3) is 0.190. The zero-order chi connectivity index (χ0) is 20.9. The number of rotatable bonds is 8. The van der Waals surface area contributed by atoms with Crippen molar-refractivity contribution in [3.8, 4) is 0 Å². The van der Waals surface area contributed by atoms with Gasteiger partial charge < -0.3 is 9.73 Å². The van der Waals surface area contributed by atoms with Gasteiger partial charge in [0, 0.05) is 16.1 Å². The van der Waals surface area contributed by atoms with E-state index >= 15 is 0 Å². The molecule has 1 atom stereocenters. The number of sulfonamides is 1. The maximum Gasteiger partial charge on any atom is 0.251 e. The molecule has 0 aliphatic heterocycles. The Morgan fingerprint density at radius 2 is 1.76 bits per heavy atom. The molecule has 2 N–H and O–H groups in total. The van der Waals surface area contributed by atoms with E-state index in [1.165, 1.54) is 30.5 Å². The molecule has 6 nitrogen and oxygen atoms in total. The molecule has 1 unspecified atom stereocenters. The third-order valence-electron chi connectivity index (χ3n) is 4.28. The van der Waals surface area contributed by atoms with E-state index in [2.05, 4.69) is 26.0 Å². The first-order chi connectivity index (χ1) is 13.8. The highest BCUT2D eigenvalue weighted by atomic mass is 79.9. The highest BCUT2D eigenvalue weighted by Crippen LogP contribution is 2.14. The van der Waals surface area contributed by atoms with Crippen LogP contribution in [0, 0.1) is 0 Å². The minimum Gasteiger partial charge on any atom is -0.468 e. The molecule has 0 saturated heterocycles. The second-order valence-corrected chi connectivity index (χ2v) is 9.32. The number of nitrogens with one attached hydrogen (secondary N) is 2. The molecule has 29 heavy (non-hydrogen) atoms. The number of amides is 1. The molecule has 0 spiro atoms. The summed E-state index contributed by atoms with van der Waals surface area (Å²) in [5.74, 6) is 0.270. The molecule has 0 aliphatic carbocycles. The quantitative estimate of drug-likeness (QED) is 0.516. The van der Waals surface area contributed by atoms with Crippen molar-refractivity contribution in [2.75, 3.05) is 0 Å². The summed E-state index contributed by atoms with van der Waals surface area (Å²) in [6.45, 7) is 1.99. The Morgan fingerprint density at radius 3 is 2.38 bits per heavy atom. The van der Waals surface area contributed by atoms with Crippen molar-refractivity contribution < 1.29 is 17.6 Å². The Bertz CT molecular complexity index is 1050. The lowest BCUT2D eigenvalue weighted by Gasteiger charge is -2.14. The molecule has 0 fully saturated rings. The summed E-state index contributed by atoms with van der Waals surface area (Å²) in [5, 5.41) is 2.93. The molecule has 3 rings (SSSR count). The first kappa shape index (κ1) is 21.3. The predicted molar refractivity (Wildman–Crippen MR) is 114 cm³/mol. The van der Waals surface area contributed by atoms with Crippen molar-refractivity contribution in [1.82, 2.24) is 10.0 Å². The number of hydrogen-bond acceptors (Lipinski definition) is 4. The van der Waals surface area contributed by atoms with Crippen LogP contribution in [0.2, 0.25) is 0 Å². The second-order valence-electron chi connectivity index (χ2n) is 6.63. The molecule has 0 aliphatic rings. The van der Waals surface area contributed by atoms with Gasteiger partial charge in [-0.3, -0.25) is 4.79 Å². The first-order valence-electron chi connectivity index (χ1n) is 9.01. The van der Waals surface area contributed by atoms with E-state index in [1.54, 1.807) is 12.1 Å². The number of furan rings is 1. The lowest BCUT2D eigenvalue weighted by atomic mass is 10.1. The molecule has 0 saturated carbocycles. The Hall–Kier alpha value is -2.42. The number of hydrogen-bond donors (Lipinski definition) is 2. The lowest BCUT2D eigenvalue weighted by molar-refractivity contribution is 0.0940. The molecule has 1 amide bonds. The number of benzene rings is 2. The van der Waals surface area contributed by atoms with Gasteiger partial charge in [-0.25, -0.2) is 13.1 Å². The Kier molecular flexibility index (Phi) is 6.89. The fourth-order valence-corrected chi connectivity index (χ4v) is 4.04. The fourth-order valence-electron chi connectivity index (χ4n) is 2.78. The van der Waals surface area contributed by atoms with Gasteiger partial charge in [0.2, 0.25) is 10.0 Å². The standard InChI is InChI=1S/C21H21BrN2O4S/c1-15(13-16-4-8-18(22)9-5-16)24-21(25)17-6-10-20(11-7-17)29(26,27)23-14-19-3-2-12-28-19/h2-12,15,23H,13-14H2,1H3,(H,24,25). The van der Waals surface area contributed by atoms with Gasteiger partial charge in [-0.2, -0.15) is 0 Å². The predicted octanol–water partition coefficient (Wildman–Crippen LogP) is 3.88. The molecule has 152 valence electrons. The molecule has 8 heteroatoms. The van der Waals surface area contributed by atoms with Crippen LogP contribution in [0.25, 0.3) is 0 Å². The van der Waals surface area contributed by atoms with E-state index in [9.17, 15) is 13.2 Å². The van der Waals surface area contributed by atoms with Crippen LogP contribution < -0.4 is 10.0 Å². The summed E-state index contributed by atoms with van der Waals surface area (Å²) in [7, 11) is -3.69. The normalized spacial score (nSPS) is 12.5. The van der Waals surface area contributed by atoms with E-state index < -0.39 is 10.0 Å². The Morgan fingerprint density at radius 1 is 1.07 bits per heavy atom. The van der Waals surface area contributed by atoms with Crippen molar-refractivity contribution in [3.63, 3.8) is 0 Å². The van der Waals surface area contributed by atoms with E-state index in [-0.39, 0.29) is 23.4 Å². The molecular formula is C21H21BrN2O4S. The average Bonchev–Trinajstić information content (AvgIpc) is 3.22. The molecule has 3 aromatic rings. The van der Waals surface area contributed by atoms with Crippen LogP contribution in [0.4, 0.5) is 0 Å². The number of halogens is 1. The largest absolute Gasteiger partial charge is 0.468 e. The zero-order valence-electron chi connectivity index (χ0n) is 15.8. The number of carbonyl (C=O) groups excluding carboxylic acids is 1. The third-order valence-corrected chi connectivity index (χ3v) is 6.22. The first-order valence-corrected chi connectivity index (χ1v) is 11.3. The van der Waals surface area contributed by atoms with Crippen LogP contribution in [0.5, 0.6) is 0 Å². The van der Waals surface area contributed by atoms with Crippen LogP contribution in [0.1, 0.15) is 28.6 Å².